The Bertz CT molecular complexity index is 1520. The molecule has 3 heterocycles. The normalized spacial score (nSPS) is 27.2. The zero-order chi connectivity index (χ0) is 36.4. The standard InChI is InChI=1S/C37H52FN5O7/c1-35(2,3)22-39-32(46)37-18-24(37)14-10-8-7-9-11-16-28(40-33(47)50-36(4,5)6)31(45)43-20-25(17-29(43)30(44)41-37)49-34(48)42-19-23-13-12-15-27(38)26(23)21-42/h10,12-15,24-25,28-29H,7-9,11,16-22H2,1-6H3,(H,39,46)(H,40,47)(H,41,44)/t24-,25-,28+,29+,37-/m1/s1. The van der Waals surface area contributed by atoms with Gasteiger partial charge in [-0.1, -0.05) is 57.9 Å². The lowest BCUT2D eigenvalue weighted by molar-refractivity contribution is -0.141. The molecule has 2 fully saturated rings. The monoisotopic (exact) mass is 697 g/mol. The summed E-state index contributed by atoms with van der Waals surface area (Å²) in [5.41, 5.74) is -1.04. The minimum atomic E-state index is -1.18. The molecule has 5 amide bonds. The number of hydrogen-bond donors (Lipinski definition) is 3. The van der Waals surface area contributed by atoms with Crippen molar-refractivity contribution in [1.29, 1.82) is 0 Å². The van der Waals surface area contributed by atoms with E-state index in [2.05, 4.69) is 16.0 Å². The topological polar surface area (TPSA) is 146 Å². The predicted octanol–water partition coefficient (Wildman–Crippen LogP) is 4.70. The Hall–Kier alpha value is -4.16. The van der Waals surface area contributed by atoms with Crippen LogP contribution in [0.25, 0.3) is 0 Å². The van der Waals surface area contributed by atoms with E-state index in [0.29, 0.717) is 36.9 Å². The van der Waals surface area contributed by atoms with E-state index in [4.69, 9.17) is 9.47 Å². The minimum Gasteiger partial charge on any atom is -0.444 e. The van der Waals surface area contributed by atoms with Crippen molar-refractivity contribution in [2.24, 2.45) is 11.3 Å². The van der Waals surface area contributed by atoms with Gasteiger partial charge in [-0.05, 0) is 63.5 Å². The lowest BCUT2D eigenvalue weighted by Gasteiger charge is -2.30. The highest BCUT2D eigenvalue weighted by molar-refractivity contribution is 5.98. The largest absolute Gasteiger partial charge is 0.444 e. The van der Waals surface area contributed by atoms with Crippen LogP contribution >= 0.6 is 0 Å². The van der Waals surface area contributed by atoms with Gasteiger partial charge in [0, 0.05) is 31.0 Å². The highest BCUT2D eigenvalue weighted by Gasteiger charge is 2.61. The van der Waals surface area contributed by atoms with Gasteiger partial charge in [0.15, 0.2) is 0 Å². The van der Waals surface area contributed by atoms with Crippen molar-refractivity contribution in [3.63, 3.8) is 0 Å². The van der Waals surface area contributed by atoms with E-state index in [0.717, 1.165) is 19.3 Å². The molecule has 0 radical (unpaired) electrons. The summed E-state index contributed by atoms with van der Waals surface area (Å²) in [4.78, 5) is 71.1. The maximum absolute atomic E-state index is 14.4. The Labute approximate surface area is 293 Å². The van der Waals surface area contributed by atoms with Gasteiger partial charge < -0.3 is 30.3 Å². The summed E-state index contributed by atoms with van der Waals surface area (Å²) in [5.74, 6) is -1.94. The Morgan fingerprint density at radius 3 is 2.52 bits per heavy atom. The van der Waals surface area contributed by atoms with Gasteiger partial charge in [-0.3, -0.25) is 19.3 Å². The highest BCUT2D eigenvalue weighted by Crippen LogP contribution is 2.45. The number of benzene rings is 1. The van der Waals surface area contributed by atoms with Crippen molar-refractivity contribution in [3.8, 4) is 0 Å². The summed E-state index contributed by atoms with van der Waals surface area (Å²) in [6.07, 6.45) is 5.50. The molecule has 0 bridgehead atoms. The van der Waals surface area contributed by atoms with Crippen LogP contribution in [0.3, 0.4) is 0 Å². The number of fused-ring (bicyclic) bond motifs is 3. The fourth-order valence-corrected chi connectivity index (χ4v) is 6.85. The van der Waals surface area contributed by atoms with Crippen LogP contribution in [0.2, 0.25) is 0 Å². The number of carbonyl (C=O) groups excluding carboxylic acids is 5. The third-order valence-electron chi connectivity index (χ3n) is 9.57. The van der Waals surface area contributed by atoms with Crippen molar-refractivity contribution in [2.75, 3.05) is 13.1 Å². The minimum absolute atomic E-state index is 0.0161. The van der Waals surface area contributed by atoms with Gasteiger partial charge in [-0.15, -0.1) is 0 Å². The van der Waals surface area contributed by atoms with Crippen LogP contribution in [0.1, 0.15) is 97.6 Å². The molecule has 274 valence electrons. The Morgan fingerprint density at radius 1 is 1.06 bits per heavy atom. The van der Waals surface area contributed by atoms with E-state index < -0.39 is 59.1 Å². The third-order valence-corrected chi connectivity index (χ3v) is 9.57. The first-order chi connectivity index (χ1) is 23.5. The van der Waals surface area contributed by atoms with Gasteiger partial charge in [0.1, 0.15) is 35.1 Å². The number of nitrogens with one attached hydrogen (secondary N) is 3. The van der Waals surface area contributed by atoms with E-state index in [-0.39, 0.29) is 43.3 Å². The first-order valence-corrected chi connectivity index (χ1v) is 17.7. The molecule has 0 spiro atoms. The maximum Gasteiger partial charge on any atom is 0.410 e. The first kappa shape index (κ1) is 37.1. The predicted molar refractivity (Wildman–Crippen MR) is 183 cm³/mol. The molecule has 4 aliphatic rings. The van der Waals surface area contributed by atoms with Gasteiger partial charge in [0.2, 0.25) is 17.7 Å². The van der Waals surface area contributed by atoms with Crippen molar-refractivity contribution in [3.05, 3.63) is 47.3 Å². The van der Waals surface area contributed by atoms with E-state index in [1.807, 2.05) is 32.9 Å². The summed E-state index contributed by atoms with van der Waals surface area (Å²) < 4.78 is 25.7. The SMILES string of the molecule is CC(C)(C)CNC(=O)[C@@]12C[C@H]1C=CCCCCC[C@H](NC(=O)OC(C)(C)C)C(=O)N1C[C@H](OC(=O)N3Cc4cccc(F)c4C3)C[C@H]1C(=O)N2. The van der Waals surface area contributed by atoms with Crippen LogP contribution in [-0.4, -0.2) is 82.1 Å². The van der Waals surface area contributed by atoms with Crippen LogP contribution in [0.4, 0.5) is 14.0 Å². The molecule has 1 aromatic carbocycles. The number of ether oxygens (including phenoxy) is 2. The van der Waals surface area contributed by atoms with E-state index in [9.17, 15) is 28.4 Å². The van der Waals surface area contributed by atoms with E-state index >= 15 is 0 Å². The van der Waals surface area contributed by atoms with Crippen LogP contribution in [0, 0.1) is 17.2 Å². The molecule has 1 saturated heterocycles. The van der Waals surface area contributed by atoms with Crippen molar-refractivity contribution >= 4 is 29.9 Å². The number of allylic oxidation sites excluding steroid dienone is 1. The third kappa shape index (κ3) is 8.95. The summed E-state index contributed by atoms with van der Waals surface area (Å²) >= 11 is 0. The van der Waals surface area contributed by atoms with Gasteiger partial charge in [-0.25, -0.2) is 14.0 Å². The molecule has 0 unspecified atom stereocenters. The fourth-order valence-electron chi connectivity index (χ4n) is 6.85. The molecule has 1 saturated carbocycles. The van der Waals surface area contributed by atoms with Gasteiger partial charge in [0.05, 0.1) is 13.1 Å². The Morgan fingerprint density at radius 2 is 1.82 bits per heavy atom. The van der Waals surface area contributed by atoms with E-state index in [1.54, 1.807) is 32.9 Å². The summed E-state index contributed by atoms with van der Waals surface area (Å²) in [6, 6.07) is 2.61. The quantitative estimate of drug-likeness (QED) is 0.387. The van der Waals surface area contributed by atoms with Crippen LogP contribution in [0.5, 0.6) is 0 Å². The van der Waals surface area contributed by atoms with Crippen LogP contribution < -0.4 is 16.0 Å². The lowest BCUT2D eigenvalue weighted by atomic mass is 9.96. The van der Waals surface area contributed by atoms with Crippen molar-refractivity contribution < 1.29 is 37.8 Å². The average molecular weight is 698 g/mol. The van der Waals surface area contributed by atoms with Crippen LogP contribution in [-0.2, 0) is 36.9 Å². The highest BCUT2D eigenvalue weighted by atomic mass is 19.1. The Kier molecular flexibility index (Phi) is 10.8. The molecule has 3 aliphatic heterocycles. The van der Waals surface area contributed by atoms with Crippen molar-refractivity contribution in [1.82, 2.24) is 25.8 Å². The van der Waals surface area contributed by atoms with Gasteiger partial charge >= 0.3 is 12.2 Å². The number of hydrogen-bond acceptors (Lipinski definition) is 7. The zero-order valence-corrected chi connectivity index (χ0v) is 30.1. The van der Waals surface area contributed by atoms with E-state index in [1.165, 1.54) is 15.9 Å². The molecule has 0 aromatic heterocycles. The molecule has 3 N–H and O–H groups in total. The van der Waals surface area contributed by atoms with Crippen LogP contribution in [0.15, 0.2) is 30.4 Å². The molecule has 12 nitrogen and oxygen atoms in total. The second-order valence-electron chi connectivity index (χ2n) is 16.3. The summed E-state index contributed by atoms with van der Waals surface area (Å²) in [7, 11) is 0. The molecule has 5 rings (SSSR count). The number of amides is 5. The number of alkyl carbamates (subject to hydrolysis) is 1. The molecule has 1 aliphatic carbocycles. The second kappa shape index (κ2) is 14.6. The lowest BCUT2D eigenvalue weighted by Crippen LogP contribution is -2.58. The summed E-state index contributed by atoms with van der Waals surface area (Å²) in [5, 5.41) is 8.72. The smallest absolute Gasteiger partial charge is 0.410 e. The zero-order valence-electron chi connectivity index (χ0n) is 30.1. The molecular formula is C37H52FN5O7. The molecule has 13 heteroatoms. The number of nitrogens with zero attached hydrogens (tertiary/aromatic N) is 2. The summed E-state index contributed by atoms with van der Waals surface area (Å²) in [6.45, 7) is 11.7. The van der Waals surface area contributed by atoms with Gasteiger partial charge in [0.25, 0.3) is 0 Å². The number of carbonyl (C=O) groups is 5. The number of rotatable bonds is 4. The molecule has 1 aromatic rings. The first-order valence-electron chi connectivity index (χ1n) is 17.7. The second-order valence-corrected chi connectivity index (χ2v) is 16.3. The number of halogens is 1. The molecule has 50 heavy (non-hydrogen) atoms. The molecule has 5 atom stereocenters. The Balaban J connectivity index is 1.39. The fraction of sp³-hybridized carbons (Fsp3) is 0.649. The maximum atomic E-state index is 14.4. The average Bonchev–Trinajstić information content (AvgIpc) is 3.32. The molecular weight excluding hydrogens is 645 g/mol. The van der Waals surface area contributed by atoms with Gasteiger partial charge in [-0.2, -0.15) is 0 Å². The van der Waals surface area contributed by atoms with Crippen molar-refractivity contribution in [2.45, 2.75) is 129 Å².